The van der Waals surface area contributed by atoms with Gasteiger partial charge in [0.25, 0.3) is 5.69 Å². The highest BCUT2D eigenvalue weighted by Gasteiger charge is 2.12. The monoisotopic (exact) mass is 288 g/mol. The van der Waals surface area contributed by atoms with E-state index in [2.05, 4.69) is 5.32 Å². The Morgan fingerprint density at radius 1 is 1.43 bits per heavy atom. The summed E-state index contributed by atoms with van der Waals surface area (Å²) < 4.78 is 10.1. The molecule has 7 heteroatoms. The van der Waals surface area contributed by atoms with Crippen LogP contribution in [0.4, 0.5) is 11.4 Å². The minimum absolute atomic E-state index is 0.138. The van der Waals surface area contributed by atoms with Gasteiger partial charge < -0.3 is 14.5 Å². The second-order valence-corrected chi connectivity index (χ2v) is 3.98. The largest absolute Gasteiger partial charge is 0.495 e. The zero-order valence-corrected chi connectivity index (χ0v) is 11.1. The van der Waals surface area contributed by atoms with E-state index in [1.54, 1.807) is 12.1 Å². The van der Waals surface area contributed by atoms with Gasteiger partial charge in [-0.25, -0.2) is 0 Å². The lowest BCUT2D eigenvalue weighted by molar-refractivity contribution is -0.384. The summed E-state index contributed by atoms with van der Waals surface area (Å²) in [5.74, 6) is 0.404. The number of non-ortho nitro benzene ring substituents is 1. The van der Waals surface area contributed by atoms with Gasteiger partial charge in [0.05, 0.1) is 24.0 Å². The van der Waals surface area contributed by atoms with Crippen LogP contribution in [-0.4, -0.2) is 17.9 Å². The number of nitro benzene ring substituents is 1. The summed E-state index contributed by atoms with van der Waals surface area (Å²) >= 11 is 0. The van der Waals surface area contributed by atoms with Gasteiger partial charge in [-0.3, -0.25) is 14.9 Å². The Bertz CT molecular complexity index is 677. The highest BCUT2D eigenvalue weighted by Crippen LogP contribution is 2.28. The lowest BCUT2D eigenvalue weighted by atomic mass is 10.2. The van der Waals surface area contributed by atoms with E-state index >= 15 is 0 Å². The third-order valence-corrected chi connectivity index (χ3v) is 2.59. The Morgan fingerprint density at radius 3 is 2.86 bits per heavy atom. The molecule has 1 N–H and O–H groups in total. The maximum atomic E-state index is 11.8. The van der Waals surface area contributed by atoms with E-state index in [0.717, 1.165) is 0 Å². The summed E-state index contributed by atoms with van der Waals surface area (Å²) in [5.41, 5.74) is 0.0851. The fourth-order valence-electron chi connectivity index (χ4n) is 1.63. The van der Waals surface area contributed by atoms with Crippen LogP contribution < -0.4 is 10.1 Å². The minimum Gasteiger partial charge on any atom is -0.495 e. The molecule has 7 nitrogen and oxygen atoms in total. The van der Waals surface area contributed by atoms with Gasteiger partial charge in [-0.15, -0.1) is 0 Å². The molecule has 0 unspecified atom stereocenters. The predicted molar refractivity (Wildman–Crippen MR) is 76.0 cm³/mol. The van der Waals surface area contributed by atoms with Gasteiger partial charge in [-0.05, 0) is 24.3 Å². The maximum absolute atomic E-state index is 11.8. The number of benzene rings is 1. The van der Waals surface area contributed by atoms with Crippen molar-refractivity contribution in [3.8, 4) is 5.75 Å². The molecule has 1 aromatic heterocycles. The van der Waals surface area contributed by atoms with Crippen molar-refractivity contribution >= 4 is 23.4 Å². The number of nitrogens with zero attached hydrogens (tertiary/aromatic N) is 1. The molecule has 108 valence electrons. The van der Waals surface area contributed by atoms with Crippen molar-refractivity contribution in [3.05, 3.63) is 58.5 Å². The number of carbonyl (C=O) groups is 1. The number of nitrogens with one attached hydrogen (secondary N) is 1. The van der Waals surface area contributed by atoms with Gasteiger partial charge >= 0.3 is 0 Å². The molecule has 0 spiro atoms. The molecular weight excluding hydrogens is 276 g/mol. The summed E-state index contributed by atoms with van der Waals surface area (Å²) in [6.07, 6.45) is 4.23. The van der Waals surface area contributed by atoms with Gasteiger partial charge in [0, 0.05) is 18.2 Å². The van der Waals surface area contributed by atoms with E-state index in [9.17, 15) is 14.9 Å². The number of ether oxygens (including phenoxy) is 1. The van der Waals surface area contributed by atoms with Crippen molar-refractivity contribution < 1.29 is 18.9 Å². The number of nitro groups is 1. The molecule has 1 heterocycles. The molecule has 0 saturated carbocycles. The van der Waals surface area contributed by atoms with Crippen molar-refractivity contribution in [2.45, 2.75) is 0 Å². The molecule has 1 aromatic carbocycles. The Balaban J connectivity index is 2.15. The zero-order valence-electron chi connectivity index (χ0n) is 11.1. The first-order valence-corrected chi connectivity index (χ1v) is 5.95. The molecular formula is C14H12N2O5. The highest BCUT2D eigenvalue weighted by atomic mass is 16.6. The standard InChI is InChI=1S/C14H12N2O5/c1-20-13-6-4-10(16(18)19)9-12(13)15-14(17)7-5-11-3-2-8-21-11/h2-9H,1H3,(H,15,17)/b7-5-. The van der Waals surface area contributed by atoms with E-state index < -0.39 is 10.8 Å². The Labute approximate surface area is 120 Å². The highest BCUT2D eigenvalue weighted by molar-refractivity contribution is 6.02. The number of furan rings is 1. The third-order valence-electron chi connectivity index (χ3n) is 2.59. The van der Waals surface area contributed by atoms with E-state index in [1.165, 1.54) is 43.7 Å². The van der Waals surface area contributed by atoms with Gasteiger partial charge in [0.1, 0.15) is 11.5 Å². The number of amides is 1. The molecule has 0 aliphatic rings. The molecule has 0 saturated heterocycles. The summed E-state index contributed by atoms with van der Waals surface area (Å²) in [6.45, 7) is 0. The molecule has 1 amide bonds. The Kier molecular flexibility index (Phi) is 4.35. The second-order valence-electron chi connectivity index (χ2n) is 3.98. The average Bonchev–Trinajstić information content (AvgIpc) is 2.98. The molecule has 0 aliphatic carbocycles. The number of rotatable bonds is 5. The Morgan fingerprint density at radius 2 is 2.24 bits per heavy atom. The van der Waals surface area contributed by atoms with Crippen LogP contribution in [-0.2, 0) is 4.79 Å². The normalized spacial score (nSPS) is 10.5. The predicted octanol–water partition coefficient (Wildman–Crippen LogP) is 2.85. The van der Waals surface area contributed by atoms with Crippen LogP contribution in [0.15, 0.2) is 47.1 Å². The van der Waals surface area contributed by atoms with Crippen LogP contribution in [0.1, 0.15) is 5.76 Å². The van der Waals surface area contributed by atoms with Crippen molar-refractivity contribution in [1.82, 2.24) is 0 Å². The fourth-order valence-corrected chi connectivity index (χ4v) is 1.63. The molecule has 2 aromatic rings. The number of anilines is 1. The zero-order chi connectivity index (χ0) is 15.2. The summed E-state index contributed by atoms with van der Waals surface area (Å²) in [5, 5.41) is 13.3. The topological polar surface area (TPSA) is 94.6 Å². The number of methoxy groups -OCH3 is 1. The fraction of sp³-hybridized carbons (Fsp3) is 0.0714. The van der Waals surface area contributed by atoms with Crippen LogP contribution in [0.25, 0.3) is 6.08 Å². The number of hydrogen-bond acceptors (Lipinski definition) is 5. The molecule has 21 heavy (non-hydrogen) atoms. The van der Waals surface area contributed by atoms with Crippen molar-refractivity contribution in [1.29, 1.82) is 0 Å². The number of carbonyl (C=O) groups excluding carboxylic acids is 1. The molecule has 2 rings (SSSR count). The first-order valence-electron chi connectivity index (χ1n) is 5.95. The first-order chi connectivity index (χ1) is 10.1. The third kappa shape index (κ3) is 3.69. The molecule has 0 fully saturated rings. The summed E-state index contributed by atoms with van der Waals surface area (Å²) in [6, 6.07) is 7.34. The van der Waals surface area contributed by atoms with Crippen LogP contribution >= 0.6 is 0 Å². The van der Waals surface area contributed by atoms with Gasteiger partial charge in [0.15, 0.2) is 0 Å². The first kappa shape index (κ1) is 14.3. The van der Waals surface area contributed by atoms with E-state index in [-0.39, 0.29) is 11.4 Å². The van der Waals surface area contributed by atoms with Crippen LogP contribution in [0.2, 0.25) is 0 Å². The Hall–Kier alpha value is -3.09. The van der Waals surface area contributed by atoms with E-state index in [4.69, 9.17) is 9.15 Å². The SMILES string of the molecule is COc1ccc([N+](=O)[O-])cc1NC(=O)/C=C\c1ccco1. The van der Waals surface area contributed by atoms with Gasteiger partial charge in [-0.1, -0.05) is 0 Å². The smallest absolute Gasteiger partial charge is 0.271 e. The van der Waals surface area contributed by atoms with E-state index in [1.807, 2.05) is 0 Å². The summed E-state index contributed by atoms with van der Waals surface area (Å²) in [4.78, 5) is 22.0. The molecule has 0 bridgehead atoms. The molecule has 0 atom stereocenters. The van der Waals surface area contributed by atoms with Crippen molar-refractivity contribution in [3.63, 3.8) is 0 Å². The molecule has 0 aliphatic heterocycles. The minimum atomic E-state index is -0.548. The maximum Gasteiger partial charge on any atom is 0.271 e. The van der Waals surface area contributed by atoms with Gasteiger partial charge in [0.2, 0.25) is 5.91 Å². The van der Waals surface area contributed by atoms with Crippen molar-refractivity contribution in [2.24, 2.45) is 0 Å². The van der Waals surface area contributed by atoms with Crippen LogP contribution in [0, 0.1) is 10.1 Å². The number of hydrogen-bond donors (Lipinski definition) is 1. The van der Waals surface area contributed by atoms with E-state index in [0.29, 0.717) is 11.5 Å². The average molecular weight is 288 g/mol. The summed E-state index contributed by atoms with van der Waals surface area (Å²) in [7, 11) is 1.41. The second kappa shape index (κ2) is 6.38. The van der Waals surface area contributed by atoms with Crippen LogP contribution in [0.5, 0.6) is 5.75 Å². The lowest BCUT2D eigenvalue weighted by Gasteiger charge is -2.08. The lowest BCUT2D eigenvalue weighted by Crippen LogP contribution is -2.09. The van der Waals surface area contributed by atoms with Crippen LogP contribution in [0.3, 0.4) is 0 Å². The van der Waals surface area contributed by atoms with Gasteiger partial charge in [-0.2, -0.15) is 0 Å². The quantitative estimate of drug-likeness (QED) is 0.518. The van der Waals surface area contributed by atoms with Crippen molar-refractivity contribution in [2.75, 3.05) is 12.4 Å². The molecule has 0 radical (unpaired) electrons.